The van der Waals surface area contributed by atoms with Gasteiger partial charge in [-0.05, 0) is 35.4 Å². The van der Waals surface area contributed by atoms with Gasteiger partial charge in [0.05, 0.1) is 5.56 Å². The van der Waals surface area contributed by atoms with Crippen molar-refractivity contribution in [2.45, 2.75) is 25.7 Å². The van der Waals surface area contributed by atoms with E-state index in [2.05, 4.69) is 9.88 Å². The van der Waals surface area contributed by atoms with Gasteiger partial charge in [0.25, 0.3) is 0 Å². The number of aromatic nitrogens is 1. The van der Waals surface area contributed by atoms with Crippen LogP contribution in [-0.2, 0) is 24.1 Å². The highest BCUT2D eigenvalue weighted by Gasteiger charge is 2.30. The van der Waals surface area contributed by atoms with Crippen LogP contribution in [0, 0.1) is 0 Å². The second-order valence-corrected chi connectivity index (χ2v) is 6.39. The van der Waals surface area contributed by atoms with Crippen LogP contribution in [0.2, 0.25) is 0 Å². The smallest absolute Gasteiger partial charge is 0.337 e. The largest absolute Gasteiger partial charge is 0.416 e. The predicted molar refractivity (Wildman–Crippen MR) is 91.0 cm³/mol. The Kier molecular flexibility index (Phi) is 5.56. The van der Waals surface area contributed by atoms with Crippen molar-refractivity contribution in [1.29, 1.82) is 0 Å². The first kappa shape index (κ1) is 18.4. The van der Waals surface area contributed by atoms with Crippen LogP contribution in [0.25, 0.3) is 0 Å². The van der Waals surface area contributed by atoms with Gasteiger partial charge in [-0.1, -0.05) is 12.1 Å². The lowest BCUT2D eigenvalue weighted by molar-refractivity contribution is -0.137. The number of benzene rings is 1. The van der Waals surface area contributed by atoms with Crippen molar-refractivity contribution in [1.82, 2.24) is 14.8 Å². The summed E-state index contributed by atoms with van der Waals surface area (Å²) in [5.74, 6) is 0.0942. The Morgan fingerprint density at radius 1 is 0.885 bits per heavy atom. The summed E-state index contributed by atoms with van der Waals surface area (Å²) in [6.45, 7) is 2.98. The van der Waals surface area contributed by atoms with Crippen LogP contribution >= 0.6 is 0 Å². The Morgan fingerprint density at radius 3 is 2.19 bits per heavy atom. The highest BCUT2D eigenvalue weighted by Crippen LogP contribution is 2.29. The maximum absolute atomic E-state index is 12.6. The predicted octanol–water partition coefficient (Wildman–Crippen LogP) is 3.33. The molecule has 0 bridgehead atoms. The molecule has 0 saturated carbocycles. The van der Waals surface area contributed by atoms with Crippen molar-refractivity contribution >= 4 is 5.91 Å². The maximum atomic E-state index is 12.6. The Balaban J connectivity index is 1.58. The van der Waals surface area contributed by atoms with E-state index < -0.39 is 11.7 Å². The number of carbonyl (C=O) groups is 1. The first-order valence-electron chi connectivity index (χ1n) is 8.47. The molecule has 1 aliphatic rings. The second kappa shape index (κ2) is 7.86. The Morgan fingerprint density at radius 2 is 1.54 bits per heavy atom. The number of rotatable bonds is 4. The van der Waals surface area contributed by atoms with Crippen LogP contribution in [0.5, 0.6) is 0 Å². The number of carbonyl (C=O) groups excluding carboxylic acids is 1. The number of alkyl halides is 3. The van der Waals surface area contributed by atoms with E-state index in [1.54, 1.807) is 12.4 Å². The maximum Gasteiger partial charge on any atom is 0.416 e. The summed E-state index contributed by atoms with van der Waals surface area (Å²) < 4.78 is 37.9. The van der Waals surface area contributed by atoms with Crippen LogP contribution < -0.4 is 0 Å². The minimum atomic E-state index is -4.32. The zero-order valence-electron chi connectivity index (χ0n) is 14.2. The zero-order chi connectivity index (χ0) is 18.6. The van der Waals surface area contributed by atoms with E-state index in [1.807, 2.05) is 17.0 Å². The van der Waals surface area contributed by atoms with Gasteiger partial charge >= 0.3 is 6.18 Å². The fraction of sp³-hybridized carbons (Fsp3) is 0.368. The molecule has 1 fully saturated rings. The average Bonchev–Trinajstić information content (AvgIpc) is 2.78. The van der Waals surface area contributed by atoms with E-state index in [-0.39, 0.29) is 5.91 Å². The fourth-order valence-corrected chi connectivity index (χ4v) is 3.00. The minimum Gasteiger partial charge on any atom is -0.337 e. The molecule has 3 rings (SSSR count). The Bertz CT molecular complexity index is 732. The summed E-state index contributed by atoms with van der Waals surface area (Å²) in [4.78, 5) is 20.2. The van der Waals surface area contributed by atoms with Crippen LogP contribution in [0.1, 0.15) is 23.1 Å². The van der Waals surface area contributed by atoms with Gasteiger partial charge in [0.2, 0.25) is 5.91 Å². The third kappa shape index (κ3) is 4.82. The molecule has 2 heterocycles. The topological polar surface area (TPSA) is 36.4 Å². The van der Waals surface area contributed by atoms with Gasteiger partial charge in [0.1, 0.15) is 0 Å². The van der Waals surface area contributed by atoms with Gasteiger partial charge in [0.15, 0.2) is 0 Å². The summed E-state index contributed by atoms with van der Waals surface area (Å²) in [6, 6.07) is 8.99. The normalized spacial score (nSPS) is 16.6. The van der Waals surface area contributed by atoms with E-state index in [4.69, 9.17) is 0 Å². The third-order valence-electron chi connectivity index (χ3n) is 4.49. The number of hydrogen-bond donors (Lipinski definition) is 0. The van der Waals surface area contributed by atoms with E-state index in [0.29, 0.717) is 39.1 Å². The summed E-state index contributed by atoms with van der Waals surface area (Å²) in [6.07, 6.45) is -0.504. The van der Waals surface area contributed by atoms with Crippen molar-refractivity contribution in [2.24, 2.45) is 0 Å². The molecular formula is C19H20F3N3O. The molecule has 2 aromatic rings. The van der Waals surface area contributed by atoms with E-state index >= 15 is 0 Å². The zero-order valence-corrected chi connectivity index (χ0v) is 14.2. The Hall–Kier alpha value is -2.41. The SMILES string of the molecule is O=C1CCN(Cc2ccc(C(F)(F)F)cc2)CCN1Cc1ccncc1. The number of hydrogen-bond acceptors (Lipinski definition) is 3. The average molecular weight is 363 g/mol. The molecule has 7 heteroatoms. The molecule has 0 aliphatic carbocycles. The number of pyridine rings is 1. The Labute approximate surface area is 150 Å². The molecular weight excluding hydrogens is 343 g/mol. The van der Waals surface area contributed by atoms with E-state index in [1.165, 1.54) is 12.1 Å². The van der Waals surface area contributed by atoms with Gasteiger partial charge in [-0.25, -0.2) is 0 Å². The van der Waals surface area contributed by atoms with Crippen molar-refractivity contribution in [2.75, 3.05) is 19.6 Å². The molecule has 0 unspecified atom stereocenters. The van der Waals surface area contributed by atoms with E-state index in [9.17, 15) is 18.0 Å². The molecule has 0 N–H and O–H groups in total. The minimum absolute atomic E-state index is 0.0942. The van der Waals surface area contributed by atoms with Crippen LogP contribution in [0.4, 0.5) is 13.2 Å². The van der Waals surface area contributed by atoms with Gasteiger partial charge in [-0.3, -0.25) is 14.7 Å². The van der Waals surface area contributed by atoms with Gasteiger partial charge in [0, 0.05) is 51.5 Å². The molecule has 4 nitrogen and oxygen atoms in total. The number of nitrogens with zero attached hydrogens (tertiary/aromatic N) is 3. The van der Waals surface area contributed by atoms with Crippen LogP contribution in [0.15, 0.2) is 48.8 Å². The summed E-state index contributed by atoms with van der Waals surface area (Å²) in [7, 11) is 0. The first-order valence-corrected chi connectivity index (χ1v) is 8.47. The van der Waals surface area contributed by atoms with Crippen molar-refractivity contribution in [3.05, 3.63) is 65.5 Å². The molecule has 1 aromatic carbocycles. The monoisotopic (exact) mass is 363 g/mol. The molecule has 138 valence electrons. The van der Waals surface area contributed by atoms with Gasteiger partial charge < -0.3 is 4.90 Å². The van der Waals surface area contributed by atoms with Gasteiger partial charge in [-0.15, -0.1) is 0 Å². The van der Waals surface area contributed by atoms with Crippen LogP contribution in [-0.4, -0.2) is 40.3 Å². The molecule has 0 atom stereocenters. The molecule has 1 aliphatic heterocycles. The molecule has 1 aromatic heterocycles. The molecule has 0 radical (unpaired) electrons. The molecule has 1 amide bonds. The molecule has 26 heavy (non-hydrogen) atoms. The van der Waals surface area contributed by atoms with Crippen molar-refractivity contribution < 1.29 is 18.0 Å². The van der Waals surface area contributed by atoms with Crippen molar-refractivity contribution in [3.63, 3.8) is 0 Å². The fourth-order valence-electron chi connectivity index (χ4n) is 3.00. The number of halogens is 3. The lowest BCUT2D eigenvalue weighted by atomic mass is 10.1. The summed E-state index contributed by atoms with van der Waals surface area (Å²) >= 11 is 0. The highest BCUT2D eigenvalue weighted by molar-refractivity contribution is 5.76. The highest BCUT2D eigenvalue weighted by atomic mass is 19.4. The first-order chi connectivity index (χ1) is 12.4. The lowest BCUT2D eigenvalue weighted by Crippen LogP contribution is -2.32. The second-order valence-electron chi connectivity index (χ2n) is 6.39. The summed E-state index contributed by atoms with van der Waals surface area (Å²) in [5, 5.41) is 0. The molecule has 1 saturated heterocycles. The van der Waals surface area contributed by atoms with E-state index in [0.717, 1.165) is 23.3 Å². The molecule has 0 spiro atoms. The van der Waals surface area contributed by atoms with Gasteiger partial charge in [-0.2, -0.15) is 13.2 Å². The quantitative estimate of drug-likeness (QED) is 0.836. The lowest BCUT2D eigenvalue weighted by Gasteiger charge is -2.22. The third-order valence-corrected chi connectivity index (χ3v) is 4.49. The standard InChI is InChI=1S/C19H20F3N3O/c20-19(21,22)17-3-1-15(2-4-17)13-24-10-7-18(26)25(12-11-24)14-16-5-8-23-9-6-16/h1-6,8-9H,7,10-14H2. The summed E-state index contributed by atoms with van der Waals surface area (Å²) in [5.41, 5.74) is 1.20. The van der Waals surface area contributed by atoms with Crippen molar-refractivity contribution in [3.8, 4) is 0 Å². The van der Waals surface area contributed by atoms with Crippen LogP contribution in [0.3, 0.4) is 0 Å². The number of amides is 1.